The van der Waals surface area contributed by atoms with Crippen molar-refractivity contribution in [3.63, 3.8) is 0 Å². The number of rotatable bonds is 6. The van der Waals surface area contributed by atoms with E-state index in [4.69, 9.17) is 4.42 Å². The van der Waals surface area contributed by atoms with E-state index in [-0.39, 0.29) is 6.04 Å². The van der Waals surface area contributed by atoms with Gasteiger partial charge < -0.3 is 8.98 Å². The molecule has 0 fully saturated rings. The van der Waals surface area contributed by atoms with Gasteiger partial charge in [0.05, 0.1) is 30.8 Å². The lowest BCUT2D eigenvalue weighted by molar-refractivity contribution is 0.172. The smallest absolute Gasteiger partial charge is 0.208 e. The number of nitrogens with zero attached hydrogens (tertiary/aromatic N) is 3. The summed E-state index contributed by atoms with van der Waals surface area (Å²) in [6, 6.07) is 2.18. The lowest BCUT2D eigenvalue weighted by Crippen LogP contribution is -2.38. The van der Waals surface area contributed by atoms with Crippen LogP contribution >= 0.6 is 0 Å². The van der Waals surface area contributed by atoms with Crippen molar-refractivity contribution in [1.29, 1.82) is 0 Å². The number of furan rings is 1. The SMILES string of the molecule is CS(=O)(=O)NCC[C@H]1CN(Cc2ccoc2)Cc2cncn21. The van der Waals surface area contributed by atoms with E-state index in [0.29, 0.717) is 6.54 Å². The highest BCUT2D eigenvalue weighted by atomic mass is 32.2. The zero-order valence-electron chi connectivity index (χ0n) is 12.5. The Balaban J connectivity index is 1.66. The Kier molecular flexibility index (Phi) is 4.32. The number of imidazole rings is 1. The molecule has 3 heterocycles. The fourth-order valence-corrected chi connectivity index (χ4v) is 3.35. The van der Waals surface area contributed by atoms with Crippen LogP contribution < -0.4 is 4.72 Å². The molecule has 7 nitrogen and oxygen atoms in total. The van der Waals surface area contributed by atoms with Crippen LogP contribution in [0.5, 0.6) is 0 Å². The quantitative estimate of drug-likeness (QED) is 0.856. The maximum Gasteiger partial charge on any atom is 0.208 e. The zero-order chi connectivity index (χ0) is 15.6. The monoisotopic (exact) mass is 324 g/mol. The predicted molar refractivity (Wildman–Crippen MR) is 81.5 cm³/mol. The van der Waals surface area contributed by atoms with Crippen molar-refractivity contribution in [2.75, 3.05) is 19.3 Å². The number of fused-ring (bicyclic) bond motifs is 1. The summed E-state index contributed by atoms with van der Waals surface area (Å²) in [6.45, 7) is 2.94. The molecule has 0 aromatic carbocycles. The van der Waals surface area contributed by atoms with Crippen LogP contribution in [0, 0.1) is 0 Å². The molecule has 0 bridgehead atoms. The van der Waals surface area contributed by atoms with Crippen LogP contribution in [0.1, 0.15) is 23.7 Å². The van der Waals surface area contributed by atoms with Crippen LogP contribution in [0.15, 0.2) is 35.5 Å². The van der Waals surface area contributed by atoms with Gasteiger partial charge in [0, 0.05) is 44.0 Å². The van der Waals surface area contributed by atoms with Gasteiger partial charge in [-0.1, -0.05) is 0 Å². The molecule has 0 amide bonds. The van der Waals surface area contributed by atoms with Gasteiger partial charge >= 0.3 is 0 Å². The van der Waals surface area contributed by atoms with Gasteiger partial charge in [-0.15, -0.1) is 0 Å². The predicted octanol–water partition coefficient (Wildman–Crippen LogP) is 0.972. The second kappa shape index (κ2) is 6.23. The number of hydrogen-bond donors (Lipinski definition) is 1. The van der Waals surface area contributed by atoms with Gasteiger partial charge in [-0.25, -0.2) is 18.1 Å². The van der Waals surface area contributed by atoms with Crippen LogP contribution in [0.25, 0.3) is 0 Å². The molecule has 120 valence electrons. The van der Waals surface area contributed by atoms with Crippen molar-refractivity contribution in [3.05, 3.63) is 42.4 Å². The first-order valence-electron chi connectivity index (χ1n) is 7.20. The minimum absolute atomic E-state index is 0.215. The third kappa shape index (κ3) is 3.76. The van der Waals surface area contributed by atoms with Crippen LogP contribution in [-0.2, 0) is 23.1 Å². The summed E-state index contributed by atoms with van der Waals surface area (Å²) in [7, 11) is -3.14. The molecule has 2 aromatic rings. The van der Waals surface area contributed by atoms with Crippen molar-refractivity contribution in [2.45, 2.75) is 25.6 Å². The van der Waals surface area contributed by atoms with Gasteiger partial charge in [-0.3, -0.25) is 4.90 Å². The van der Waals surface area contributed by atoms with Crippen molar-refractivity contribution in [1.82, 2.24) is 19.2 Å². The second-order valence-electron chi connectivity index (χ2n) is 5.70. The first-order valence-corrected chi connectivity index (χ1v) is 9.09. The van der Waals surface area contributed by atoms with Crippen molar-refractivity contribution < 1.29 is 12.8 Å². The first-order chi connectivity index (χ1) is 10.5. The second-order valence-corrected chi connectivity index (χ2v) is 7.54. The van der Waals surface area contributed by atoms with Gasteiger partial charge in [-0.05, 0) is 12.5 Å². The van der Waals surface area contributed by atoms with Gasteiger partial charge in [0.25, 0.3) is 0 Å². The molecular weight excluding hydrogens is 304 g/mol. The minimum Gasteiger partial charge on any atom is -0.472 e. The average Bonchev–Trinajstić information content (AvgIpc) is 3.08. The molecule has 0 saturated carbocycles. The molecule has 1 atom stereocenters. The molecule has 0 unspecified atom stereocenters. The minimum atomic E-state index is -3.14. The summed E-state index contributed by atoms with van der Waals surface area (Å²) in [4.78, 5) is 6.55. The van der Waals surface area contributed by atoms with E-state index in [9.17, 15) is 8.42 Å². The molecule has 0 spiro atoms. The van der Waals surface area contributed by atoms with E-state index in [1.54, 1.807) is 12.5 Å². The largest absolute Gasteiger partial charge is 0.472 e. The van der Waals surface area contributed by atoms with E-state index in [1.807, 2.05) is 18.6 Å². The summed E-state index contributed by atoms with van der Waals surface area (Å²) in [6.07, 6.45) is 9.05. The molecular formula is C14H20N4O3S. The average molecular weight is 324 g/mol. The summed E-state index contributed by atoms with van der Waals surface area (Å²) in [5.74, 6) is 0. The van der Waals surface area contributed by atoms with Crippen molar-refractivity contribution in [2.24, 2.45) is 0 Å². The first kappa shape index (κ1) is 15.3. The summed E-state index contributed by atoms with van der Waals surface area (Å²) < 4.78 is 32.2. The Bertz CT molecular complexity index is 708. The highest BCUT2D eigenvalue weighted by Crippen LogP contribution is 2.24. The number of nitrogens with one attached hydrogen (secondary N) is 1. The molecule has 0 aliphatic carbocycles. The van der Waals surface area contributed by atoms with E-state index in [2.05, 4.69) is 19.2 Å². The zero-order valence-corrected chi connectivity index (χ0v) is 13.3. The van der Waals surface area contributed by atoms with Crippen LogP contribution in [0.4, 0.5) is 0 Å². The Morgan fingerprint density at radius 3 is 3.09 bits per heavy atom. The third-order valence-electron chi connectivity index (χ3n) is 3.82. The van der Waals surface area contributed by atoms with Crippen LogP contribution in [0.3, 0.4) is 0 Å². The van der Waals surface area contributed by atoms with Gasteiger partial charge in [0.2, 0.25) is 10.0 Å². The van der Waals surface area contributed by atoms with Crippen molar-refractivity contribution >= 4 is 10.0 Å². The maximum absolute atomic E-state index is 11.2. The van der Waals surface area contributed by atoms with E-state index >= 15 is 0 Å². The third-order valence-corrected chi connectivity index (χ3v) is 4.55. The van der Waals surface area contributed by atoms with Gasteiger partial charge in [-0.2, -0.15) is 0 Å². The molecule has 1 aliphatic heterocycles. The summed E-state index contributed by atoms with van der Waals surface area (Å²) in [5, 5.41) is 0. The molecule has 1 N–H and O–H groups in total. The summed E-state index contributed by atoms with van der Waals surface area (Å²) >= 11 is 0. The molecule has 8 heteroatoms. The van der Waals surface area contributed by atoms with Gasteiger partial charge in [0.1, 0.15) is 0 Å². The van der Waals surface area contributed by atoms with Crippen molar-refractivity contribution in [3.8, 4) is 0 Å². The standard InChI is InChI=1S/C14H20N4O3S/c1-22(19,20)16-4-2-13-8-17(7-12-3-5-21-10-12)9-14-6-15-11-18(13)14/h3,5-6,10-11,13,16H,2,4,7-9H2,1H3/t13-/m0/s1. The highest BCUT2D eigenvalue weighted by Gasteiger charge is 2.25. The van der Waals surface area contributed by atoms with E-state index in [1.165, 1.54) is 6.26 Å². The molecule has 22 heavy (non-hydrogen) atoms. The molecule has 2 aromatic heterocycles. The lowest BCUT2D eigenvalue weighted by atomic mass is 10.1. The fraction of sp³-hybridized carbons (Fsp3) is 0.500. The molecule has 1 aliphatic rings. The molecule has 0 radical (unpaired) electrons. The highest BCUT2D eigenvalue weighted by molar-refractivity contribution is 7.88. The Morgan fingerprint density at radius 2 is 2.36 bits per heavy atom. The summed E-state index contributed by atoms with van der Waals surface area (Å²) in [5.41, 5.74) is 2.29. The fourth-order valence-electron chi connectivity index (χ4n) is 2.87. The molecule has 3 rings (SSSR count). The van der Waals surface area contributed by atoms with E-state index in [0.717, 1.165) is 37.3 Å². The Morgan fingerprint density at radius 1 is 1.50 bits per heavy atom. The van der Waals surface area contributed by atoms with Gasteiger partial charge in [0.15, 0.2) is 0 Å². The topological polar surface area (TPSA) is 80.4 Å². The maximum atomic E-state index is 11.2. The number of sulfonamides is 1. The number of hydrogen-bond acceptors (Lipinski definition) is 5. The number of aromatic nitrogens is 2. The lowest BCUT2D eigenvalue weighted by Gasteiger charge is -2.34. The van der Waals surface area contributed by atoms with E-state index < -0.39 is 10.0 Å². The normalized spacial score (nSPS) is 19.2. The van der Waals surface area contributed by atoms with Crippen LogP contribution in [-0.4, -0.2) is 42.2 Å². The Hall–Kier alpha value is -1.64. The van der Waals surface area contributed by atoms with Crippen LogP contribution in [0.2, 0.25) is 0 Å². The molecule has 0 saturated heterocycles. The Labute approximate surface area is 130 Å².